The van der Waals surface area contributed by atoms with E-state index in [9.17, 15) is 0 Å². The lowest BCUT2D eigenvalue weighted by atomic mass is 10.2. The molecule has 58 valence electrons. The van der Waals surface area contributed by atoms with Crippen LogP contribution in [0.2, 0.25) is 0 Å². The first-order valence-electron chi connectivity index (χ1n) is 3.39. The van der Waals surface area contributed by atoms with E-state index in [2.05, 4.69) is 19.3 Å². The van der Waals surface area contributed by atoms with Gasteiger partial charge in [0.25, 0.3) is 0 Å². The van der Waals surface area contributed by atoms with E-state index in [1.165, 1.54) is 4.91 Å². The third-order valence-electron chi connectivity index (χ3n) is 1.31. The Morgan fingerprint density at radius 2 is 2.10 bits per heavy atom. The highest BCUT2D eigenvalue weighted by Crippen LogP contribution is 2.17. The Morgan fingerprint density at radius 1 is 1.50 bits per heavy atom. The molecule has 0 aromatic heterocycles. The summed E-state index contributed by atoms with van der Waals surface area (Å²) in [6, 6.07) is 0. The molecule has 0 radical (unpaired) electrons. The van der Waals surface area contributed by atoms with Crippen LogP contribution in [0.25, 0.3) is 0 Å². The van der Waals surface area contributed by atoms with Gasteiger partial charge in [-0.3, -0.25) is 0 Å². The zero-order chi connectivity index (χ0) is 7.98. The second kappa shape index (κ2) is 5.93. The molecule has 0 heterocycles. The Bertz CT molecular complexity index is 136. The zero-order valence-electron chi connectivity index (χ0n) is 6.81. The van der Waals surface area contributed by atoms with Gasteiger partial charge in [0.1, 0.15) is 0 Å². The largest absolute Gasteiger partial charge is 0.134 e. The van der Waals surface area contributed by atoms with Crippen molar-refractivity contribution in [1.29, 1.82) is 0 Å². The highest BCUT2D eigenvalue weighted by Gasteiger charge is 1.93. The molecule has 10 heavy (non-hydrogen) atoms. The fourth-order valence-electron chi connectivity index (χ4n) is 0.663. The summed E-state index contributed by atoms with van der Waals surface area (Å²) in [5.41, 5.74) is 0. The van der Waals surface area contributed by atoms with E-state index in [4.69, 9.17) is 12.2 Å². The van der Waals surface area contributed by atoms with Gasteiger partial charge < -0.3 is 0 Å². The molecule has 0 rings (SSSR count). The van der Waals surface area contributed by atoms with Gasteiger partial charge >= 0.3 is 0 Å². The molecule has 0 bridgehead atoms. The van der Waals surface area contributed by atoms with Crippen molar-refractivity contribution in [3.63, 3.8) is 0 Å². The third-order valence-corrected chi connectivity index (χ3v) is 2.48. The topological polar surface area (TPSA) is 0 Å². The van der Waals surface area contributed by atoms with E-state index in [1.807, 2.05) is 18.7 Å². The van der Waals surface area contributed by atoms with Gasteiger partial charge in [0.2, 0.25) is 0 Å². The lowest BCUT2D eigenvalue weighted by Crippen LogP contribution is -1.86. The van der Waals surface area contributed by atoms with Gasteiger partial charge in [-0.25, -0.2) is 0 Å². The SMILES string of the molecule is CC=C(CCC(C)=S)SC. The lowest BCUT2D eigenvalue weighted by molar-refractivity contribution is 1.09. The van der Waals surface area contributed by atoms with Gasteiger partial charge in [-0.05, 0) is 42.7 Å². The molecule has 0 unspecified atom stereocenters. The smallest absolute Gasteiger partial charge is 0.00990 e. The number of thiocarbonyl (C=S) groups is 1. The van der Waals surface area contributed by atoms with Gasteiger partial charge in [0.05, 0.1) is 0 Å². The molecule has 0 saturated carbocycles. The summed E-state index contributed by atoms with van der Waals surface area (Å²) in [4.78, 5) is 2.54. The summed E-state index contributed by atoms with van der Waals surface area (Å²) in [5.74, 6) is 0. The Hall–Kier alpha value is 0.180. The van der Waals surface area contributed by atoms with Crippen molar-refractivity contribution in [2.75, 3.05) is 6.26 Å². The Labute approximate surface area is 73.1 Å². The molecule has 0 aliphatic heterocycles. The summed E-state index contributed by atoms with van der Waals surface area (Å²) in [6.07, 6.45) is 6.43. The van der Waals surface area contributed by atoms with Gasteiger partial charge in [0, 0.05) is 0 Å². The van der Waals surface area contributed by atoms with Crippen molar-refractivity contribution in [2.45, 2.75) is 26.7 Å². The van der Waals surface area contributed by atoms with Crippen LogP contribution < -0.4 is 0 Å². The average molecular weight is 174 g/mol. The van der Waals surface area contributed by atoms with E-state index in [0.29, 0.717) is 0 Å². The molecule has 0 amide bonds. The summed E-state index contributed by atoms with van der Waals surface area (Å²) in [7, 11) is 0. The molecule has 0 aromatic carbocycles. The van der Waals surface area contributed by atoms with Gasteiger partial charge in [0.15, 0.2) is 0 Å². The number of hydrogen-bond acceptors (Lipinski definition) is 2. The molecule has 0 aromatic rings. The van der Waals surface area contributed by atoms with Crippen molar-refractivity contribution in [3.8, 4) is 0 Å². The Morgan fingerprint density at radius 3 is 2.40 bits per heavy atom. The normalized spacial score (nSPS) is 11.7. The highest BCUT2D eigenvalue weighted by atomic mass is 32.2. The van der Waals surface area contributed by atoms with E-state index < -0.39 is 0 Å². The van der Waals surface area contributed by atoms with Crippen LogP contribution in [-0.2, 0) is 0 Å². The Balaban J connectivity index is 3.56. The van der Waals surface area contributed by atoms with Gasteiger partial charge in [-0.2, -0.15) is 0 Å². The first kappa shape index (κ1) is 10.2. The van der Waals surface area contributed by atoms with Crippen LogP contribution in [0, 0.1) is 0 Å². The Kier molecular flexibility index (Phi) is 6.03. The predicted octanol–water partition coefficient (Wildman–Crippen LogP) is 3.42. The maximum atomic E-state index is 4.97. The fraction of sp³-hybridized carbons (Fsp3) is 0.625. The highest BCUT2D eigenvalue weighted by molar-refractivity contribution is 8.02. The summed E-state index contributed by atoms with van der Waals surface area (Å²) < 4.78 is 0. The van der Waals surface area contributed by atoms with E-state index in [-0.39, 0.29) is 0 Å². The summed E-state index contributed by atoms with van der Waals surface area (Å²) >= 11 is 6.79. The van der Waals surface area contributed by atoms with Crippen LogP contribution in [0.5, 0.6) is 0 Å². The molecule has 0 spiro atoms. The lowest BCUT2D eigenvalue weighted by Gasteiger charge is -2.00. The average Bonchev–Trinajstić information content (AvgIpc) is 1.90. The number of allylic oxidation sites excluding steroid dienone is 2. The monoisotopic (exact) mass is 174 g/mol. The van der Waals surface area contributed by atoms with Crippen molar-refractivity contribution in [3.05, 3.63) is 11.0 Å². The minimum Gasteiger partial charge on any atom is -0.134 e. The molecule has 0 aliphatic rings. The van der Waals surface area contributed by atoms with Crippen molar-refractivity contribution >= 4 is 28.8 Å². The van der Waals surface area contributed by atoms with E-state index >= 15 is 0 Å². The quantitative estimate of drug-likeness (QED) is 0.599. The zero-order valence-corrected chi connectivity index (χ0v) is 8.44. The van der Waals surface area contributed by atoms with Crippen LogP contribution in [0.4, 0.5) is 0 Å². The fourth-order valence-corrected chi connectivity index (χ4v) is 1.31. The summed E-state index contributed by atoms with van der Waals surface area (Å²) in [6.45, 7) is 4.08. The molecule has 2 heteroatoms. The molecular weight excluding hydrogens is 160 g/mol. The predicted molar refractivity (Wildman–Crippen MR) is 54.8 cm³/mol. The van der Waals surface area contributed by atoms with Crippen LogP contribution in [0.1, 0.15) is 26.7 Å². The third kappa shape index (κ3) is 5.00. The maximum Gasteiger partial charge on any atom is -0.00990 e. The molecule has 0 atom stereocenters. The van der Waals surface area contributed by atoms with Gasteiger partial charge in [-0.15, -0.1) is 11.8 Å². The first-order chi connectivity index (χ1) is 4.70. The van der Waals surface area contributed by atoms with Crippen LogP contribution in [-0.4, -0.2) is 11.1 Å². The van der Waals surface area contributed by atoms with E-state index in [0.717, 1.165) is 17.7 Å². The molecule has 0 fully saturated rings. The van der Waals surface area contributed by atoms with Gasteiger partial charge in [-0.1, -0.05) is 18.3 Å². The van der Waals surface area contributed by atoms with Crippen molar-refractivity contribution in [1.82, 2.24) is 0 Å². The summed E-state index contributed by atoms with van der Waals surface area (Å²) in [5, 5.41) is 0. The molecular formula is C8H14S2. The van der Waals surface area contributed by atoms with Crippen molar-refractivity contribution < 1.29 is 0 Å². The molecule has 0 nitrogen and oxygen atoms in total. The number of hydrogen-bond donors (Lipinski definition) is 0. The van der Waals surface area contributed by atoms with Crippen LogP contribution in [0.15, 0.2) is 11.0 Å². The molecule has 0 saturated heterocycles. The minimum absolute atomic E-state index is 1.05. The van der Waals surface area contributed by atoms with Crippen LogP contribution in [0.3, 0.4) is 0 Å². The second-order valence-electron chi connectivity index (χ2n) is 2.16. The van der Waals surface area contributed by atoms with Crippen LogP contribution >= 0.6 is 24.0 Å². The minimum atomic E-state index is 1.05. The molecule has 0 aliphatic carbocycles. The number of rotatable bonds is 4. The maximum absolute atomic E-state index is 4.97. The number of thioether (sulfide) groups is 1. The van der Waals surface area contributed by atoms with E-state index in [1.54, 1.807) is 0 Å². The second-order valence-corrected chi connectivity index (χ2v) is 3.79. The van der Waals surface area contributed by atoms with Crippen molar-refractivity contribution in [2.24, 2.45) is 0 Å². The standard InChI is InChI=1S/C8H14S2/c1-4-8(10-3)6-5-7(2)9/h4H,5-6H2,1-3H3. The molecule has 0 N–H and O–H groups in total. The first-order valence-corrected chi connectivity index (χ1v) is 5.02.